The molecule has 0 saturated heterocycles. The van der Waals surface area contributed by atoms with Gasteiger partial charge in [-0.3, -0.25) is 10.2 Å². The molecule has 0 fully saturated rings. The lowest BCUT2D eigenvalue weighted by atomic mass is 10.2. The largest absolute Gasteiger partial charge is 0.479 e. The molecule has 0 aliphatic carbocycles. The van der Waals surface area contributed by atoms with Gasteiger partial charge in [0.2, 0.25) is 5.13 Å². The number of carbonyl (C=O) groups is 1. The lowest BCUT2D eigenvalue weighted by Crippen LogP contribution is -2.07. The molecule has 1 aromatic heterocycles. The second kappa shape index (κ2) is 9.27. The first kappa shape index (κ1) is 17.4. The number of esters is 1. The van der Waals surface area contributed by atoms with Crippen molar-refractivity contribution in [2.75, 3.05) is 18.6 Å². The third-order valence-electron chi connectivity index (χ3n) is 2.74. The van der Waals surface area contributed by atoms with Crippen molar-refractivity contribution >= 4 is 28.7 Å². The molecule has 0 aliphatic heterocycles. The van der Waals surface area contributed by atoms with Crippen molar-refractivity contribution in [3.05, 3.63) is 40.9 Å². The number of hydrogen-bond acceptors (Lipinski definition) is 8. The molecule has 24 heavy (non-hydrogen) atoms. The Morgan fingerprint density at radius 2 is 2.25 bits per heavy atom. The highest BCUT2D eigenvalue weighted by Crippen LogP contribution is 2.16. The highest BCUT2D eigenvalue weighted by atomic mass is 32.1. The van der Waals surface area contributed by atoms with Gasteiger partial charge in [-0.15, -0.1) is 11.3 Å². The van der Waals surface area contributed by atoms with Crippen LogP contribution in [-0.4, -0.2) is 30.4 Å². The van der Waals surface area contributed by atoms with Gasteiger partial charge in [0.1, 0.15) is 11.8 Å². The van der Waals surface area contributed by atoms with E-state index in [1.807, 2.05) is 18.2 Å². The molecule has 7 nitrogen and oxygen atoms in total. The Morgan fingerprint density at radius 3 is 2.96 bits per heavy atom. The topological polar surface area (TPSA) is 96.6 Å². The molecule has 8 heteroatoms. The molecule has 0 saturated carbocycles. The normalized spacial score (nSPS) is 10.3. The fraction of sp³-hybridized carbons (Fsp3) is 0.250. The van der Waals surface area contributed by atoms with E-state index in [4.69, 9.17) is 14.7 Å². The van der Waals surface area contributed by atoms with Crippen LogP contribution in [-0.2, 0) is 16.0 Å². The number of hydrazone groups is 1. The van der Waals surface area contributed by atoms with Crippen molar-refractivity contribution in [3.8, 4) is 11.8 Å². The summed E-state index contributed by atoms with van der Waals surface area (Å²) in [5, 5.41) is 14.9. The monoisotopic (exact) mass is 344 g/mol. The molecule has 0 aliphatic rings. The van der Waals surface area contributed by atoms with Crippen LogP contribution in [0, 0.1) is 11.3 Å². The minimum absolute atomic E-state index is 0.0210. The number of nitrogens with one attached hydrogen (secondary N) is 1. The van der Waals surface area contributed by atoms with Crippen LogP contribution in [0.2, 0.25) is 0 Å². The van der Waals surface area contributed by atoms with Crippen molar-refractivity contribution in [2.24, 2.45) is 5.10 Å². The number of nitrogens with zero attached hydrogens (tertiary/aromatic N) is 3. The van der Waals surface area contributed by atoms with Crippen LogP contribution in [0.1, 0.15) is 18.2 Å². The van der Waals surface area contributed by atoms with E-state index in [0.29, 0.717) is 23.2 Å². The predicted molar refractivity (Wildman–Crippen MR) is 91.2 cm³/mol. The molecule has 0 bridgehead atoms. The van der Waals surface area contributed by atoms with E-state index in [9.17, 15) is 4.79 Å². The van der Waals surface area contributed by atoms with Crippen molar-refractivity contribution in [1.29, 1.82) is 5.26 Å². The van der Waals surface area contributed by atoms with Gasteiger partial charge in [-0.25, -0.2) is 4.98 Å². The summed E-state index contributed by atoms with van der Waals surface area (Å²) in [7, 11) is 0. The summed E-state index contributed by atoms with van der Waals surface area (Å²) >= 11 is 1.36. The zero-order valence-corrected chi connectivity index (χ0v) is 13.9. The van der Waals surface area contributed by atoms with Crippen LogP contribution in [0.25, 0.3) is 0 Å². The van der Waals surface area contributed by atoms with Crippen molar-refractivity contribution < 1.29 is 14.3 Å². The van der Waals surface area contributed by atoms with Crippen LogP contribution in [0.5, 0.6) is 5.75 Å². The fourth-order valence-electron chi connectivity index (χ4n) is 1.73. The van der Waals surface area contributed by atoms with Crippen LogP contribution in [0.15, 0.2) is 34.7 Å². The van der Waals surface area contributed by atoms with Crippen molar-refractivity contribution in [3.63, 3.8) is 0 Å². The maximum atomic E-state index is 11.4. The first-order valence-electron chi connectivity index (χ1n) is 7.20. The number of benzene rings is 1. The Bertz CT molecular complexity index is 735. The lowest BCUT2D eigenvalue weighted by molar-refractivity contribution is -0.142. The molecule has 1 aromatic carbocycles. The first-order chi connectivity index (χ1) is 11.7. The zero-order valence-electron chi connectivity index (χ0n) is 13.1. The first-order valence-corrected chi connectivity index (χ1v) is 8.08. The Kier molecular flexibility index (Phi) is 6.73. The van der Waals surface area contributed by atoms with Crippen molar-refractivity contribution in [1.82, 2.24) is 4.98 Å². The number of nitriles is 1. The smallest absolute Gasteiger partial charge is 0.311 e. The SMILES string of the molecule is CCOC(=O)Cc1csc(NN=Cc2ccc(OCC#N)cc2)n1. The molecule has 0 spiro atoms. The standard InChI is InChI=1S/C16H16N4O3S/c1-2-22-15(21)9-13-11-24-16(19-13)20-18-10-12-3-5-14(6-4-12)23-8-7-17/h3-6,10-11H,2,8-9H2,1H3,(H,19,20). The van der Waals surface area contributed by atoms with E-state index >= 15 is 0 Å². The third kappa shape index (κ3) is 5.70. The zero-order chi connectivity index (χ0) is 17.2. The van der Waals surface area contributed by atoms with Gasteiger partial charge in [-0.05, 0) is 36.8 Å². The van der Waals surface area contributed by atoms with Gasteiger partial charge < -0.3 is 9.47 Å². The maximum Gasteiger partial charge on any atom is 0.311 e. The highest BCUT2D eigenvalue weighted by Gasteiger charge is 2.07. The Balaban J connectivity index is 1.84. The van der Waals surface area contributed by atoms with Gasteiger partial charge in [-0.1, -0.05) is 0 Å². The Morgan fingerprint density at radius 1 is 1.46 bits per heavy atom. The van der Waals surface area contributed by atoms with Gasteiger partial charge in [0.15, 0.2) is 6.61 Å². The summed E-state index contributed by atoms with van der Waals surface area (Å²) in [6.45, 7) is 2.15. The molecule has 0 radical (unpaired) electrons. The number of thiazole rings is 1. The number of aromatic nitrogens is 1. The number of hydrogen-bond donors (Lipinski definition) is 1. The summed E-state index contributed by atoms with van der Waals surface area (Å²) < 4.78 is 10.0. The van der Waals surface area contributed by atoms with Gasteiger partial charge >= 0.3 is 5.97 Å². The molecule has 1 N–H and O–H groups in total. The fourth-order valence-corrected chi connectivity index (χ4v) is 2.39. The van der Waals surface area contributed by atoms with E-state index < -0.39 is 0 Å². The number of carbonyl (C=O) groups excluding carboxylic acids is 1. The molecule has 2 rings (SSSR count). The van der Waals surface area contributed by atoms with Crippen LogP contribution >= 0.6 is 11.3 Å². The summed E-state index contributed by atoms with van der Waals surface area (Å²) in [6.07, 6.45) is 1.79. The minimum atomic E-state index is -0.295. The molecule has 2 aromatic rings. The Labute approximate surface area is 143 Å². The number of rotatable bonds is 8. The molecule has 0 atom stereocenters. The van der Waals surface area contributed by atoms with Crippen LogP contribution in [0.4, 0.5) is 5.13 Å². The van der Waals surface area contributed by atoms with Gasteiger partial charge in [0.25, 0.3) is 0 Å². The highest BCUT2D eigenvalue weighted by molar-refractivity contribution is 7.13. The third-order valence-corrected chi connectivity index (χ3v) is 3.54. The van der Waals surface area contributed by atoms with E-state index in [1.54, 1.807) is 30.7 Å². The van der Waals surface area contributed by atoms with E-state index in [0.717, 1.165) is 5.56 Å². The number of anilines is 1. The average Bonchev–Trinajstić information content (AvgIpc) is 3.01. The lowest BCUT2D eigenvalue weighted by Gasteiger charge is -2.01. The quantitative estimate of drug-likeness (QED) is 0.449. The molecular weight excluding hydrogens is 328 g/mol. The average molecular weight is 344 g/mol. The van der Waals surface area contributed by atoms with E-state index in [2.05, 4.69) is 15.5 Å². The second-order valence-electron chi connectivity index (χ2n) is 4.51. The summed E-state index contributed by atoms with van der Waals surface area (Å²) in [5.41, 5.74) is 4.34. The minimum Gasteiger partial charge on any atom is -0.479 e. The molecule has 0 amide bonds. The van der Waals surface area contributed by atoms with Gasteiger partial charge in [0, 0.05) is 5.38 Å². The maximum absolute atomic E-state index is 11.4. The summed E-state index contributed by atoms with van der Waals surface area (Å²) in [6, 6.07) is 9.09. The van der Waals surface area contributed by atoms with Gasteiger partial charge in [0.05, 0.1) is 24.9 Å². The van der Waals surface area contributed by atoms with E-state index in [-0.39, 0.29) is 19.0 Å². The number of ether oxygens (including phenoxy) is 2. The van der Waals surface area contributed by atoms with Gasteiger partial charge in [-0.2, -0.15) is 10.4 Å². The van der Waals surface area contributed by atoms with E-state index in [1.165, 1.54) is 11.3 Å². The second-order valence-corrected chi connectivity index (χ2v) is 5.37. The molecule has 0 unspecified atom stereocenters. The molecule has 124 valence electrons. The summed E-state index contributed by atoms with van der Waals surface area (Å²) in [4.78, 5) is 15.6. The summed E-state index contributed by atoms with van der Waals surface area (Å²) in [5.74, 6) is 0.335. The Hall–Kier alpha value is -2.92. The van der Waals surface area contributed by atoms with Crippen molar-refractivity contribution in [2.45, 2.75) is 13.3 Å². The van der Waals surface area contributed by atoms with Crippen LogP contribution < -0.4 is 10.2 Å². The van der Waals surface area contributed by atoms with Crippen LogP contribution in [0.3, 0.4) is 0 Å². The molecule has 1 heterocycles. The predicted octanol–water partition coefficient (Wildman–Crippen LogP) is 2.60. The molecular formula is C16H16N4O3S.